The molecule has 0 bridgehead atoms. The molecule has 0 radical (unpaired) electrons. The predicted molar refractivity (Wildman–Crippen MR) is 132 cm³/mol. The van der Waals surface area contributed by atoms with Crippen LogP contribution in [-0.2, 0) is 6.18 Å². The first-order chi connectivity index (χ1) is 16.8. The zero-order valence-corrected chi connectivity index (χ0v) is 20.1. The molecule has 1 atom stereocenters. The second-order valence-corrected chi connectivity index (χ2v) is 8.83. The summed E-state index contributed by atoms with van der Waals surface area (Å²) in [6.07, 6.45) is -3.88. The summed E-state index contributed by atoms with van der Waals surface area (Å²) in [7, 11) is 1.69. The maximum absolute atomic E-state index is 12.9. The van der Waals surface area contributed by atoms with Gasteiger partial charge in [-0.15, -0.1) is 0 Å². The molecule has 1 heterocycles. The van der Waals surface area contributed by atoms with Crippen LogP contribution in [-0.4, -0.2) is 44.7 Å². The lowest BCUT2D eigenvalue weighted by Gasteiger charge is -2.37. The Kier molecular flexibility index (Phi) is 7.86. The van der Waals surface area contributed by atoms with E-state index in [1.54, 1.807) is 7.11 Å². The molecule has 1 unspecified atom stereocenters. The van der Waals surface area contributed by atoms with Crippen LogP contribution in [0.25, 0.3) is 0 Å². The number of alkyl halides is 3. The fourth-order valence-corrected chi connectivity index (χ4v) is 4.36. The van der Waals surface area contributed by atoms with E-state index in [1.807, 2.05) is 49.4 Å². The molecule has 4 rings (SSSR count). The third-order valence-electron chi connectivity index (χ3n) is 6.41. The largest absolute Gasteiger partial charge is 0.495 e. The molecule has 3 aromatic rings. The van der Waals surface area contributed by atoms with Crippen LogP contribution >= 0.6 is 0 Å². The molecule has 4 nitrogen and oxygen atoms in total. The SMILES string of the molecule is COc1ccccc1N1CCN(CCC(Oc2ccc(C(F)(F)F)cc2)c2ccc(C)cc2)CC1. The number of ether oxygens (including phenoxy) is 2. The van der Waals surface area contributed by atoms with E-state index in [-0.39, 0.29) is 6.10 Å². The zero-order valence-electron chi connectivity index (χ0n) is 20.1. The van der Waals surface area contributed by atoms with Crippen LogP contribution in [0.5, 0.6) is 11.5 Å². The highest BCUT2D eigenvalue weighted by atomic mass is 19.4. The van der Waals surface area contributed by atoms with Crippen molar-refractivity contribution in [2.45, 2.75) is 25.6 Å². The highest BCUT2D eigenvalue weighted by Gasteiger charge is 2.30. The minimum Gasteiger partial charge on any atom is -0.495 e. The molecular formula is C28H31F3N2O2. The normalized spacial score (nSPS) is 15.6. The number of rotatable bonds is 8. The molecule has 0 N–H and O–H groups in total. The second kappa shape index (κ2) is 11.0. The molecule has 35 heavy (non-hydrogen) atoms. The molecule has 0 aliphatic carbocycles. The van der Waals surface area contributed by atoms with Gasteiger partial charge in [-0.05, 0) is 48.9 Å². The Morgan fingerprint density at radius 1 is 0.857 bits per heavy atom. The number of aryl methyl sites for hydroxylation is 1. The van der Waals surface area contributed by atoms with Gasteiger partial charge in [0.1, 0.15) is 17.6 Å². The molecule has 1 saturated heterocycles. The van der Waals surface area contributed by atoms with Gasteiger partial charge >= 0.3 is 6.18 Å². The van der Waals surface area contributed by atoms with E-state index in [0.717, 1.165) is 73.8 Å². The van der Waals surface area contributed by atoms with Crippen LogP contribution in [0, 0.1) is 6.92 Å². The minimum absolute atomic E-state index is 0.250. The van der Waals surface area contributed by atoms with Crippen LogP contribution < -0.4 is 14.4 Å². The summed E-state index contributed by atoms with van der Waals surface area (Å²) in [5.41, 5.74) is 2.60. The lowest BCUT2D eigenvalue weighted by Crippen LogP contribution is -2.47. The Labute approximate surface area is 204 Å². The van der Waals surface area contributed by atoms with E-state index < -0.39 is 11.7 Å². The molecule has 1 fully saturated rings. The number of nitrogens with zero attached hydrogens (tertiary/aromatic N) is 2. The van der Waals surface area contributed by atoms with Gasteiger partial charge in [-0.2, -0.15) is 13.2 Å². The van der Waals surface area contributed by atoms with E-state index in [2.05, 4.69) is 15.9 Å². The highest BCUT2D eigenvalue weighted by molar-refractivity contribution is 5.58. The molecular weight excluding hydrogens is 453 g/mol. The molecule has 1 aliphatic rings. The molecule has 0 saturated carbocycles. The Hall–Kier alpha value is -3.19. The maximum Gasteiger partial charge on any atom is 0.416 e. The average Bonchev–Trinajstić information content (AvgIpc) is 2.87. The van der Waals surface area contributed by atoms with Crippen LogP contribution in [0.4, 0.5) is 18.9 Å². The van der Waals surface area contributed by atoms with Crippen molar-refractivity contribution in [3.8, 4) is 11.5 Å². The number of hydrogen-bond acceptors (Lipinski definition) is 4. The van der Waals surface area contributed by atoms with Crippen molar-refractivity contribution in [1.29, 1.82) is 0 Å². The Morgan fingerprint density at radius 3 is 2.14 bits per heavy atom. The van der Waals surface area contributed by atoms with Gasteiger partial charge in [0.15, 0.2) is 0 Å². The van der Waals surface area contributed by atoms with Crippen LogP contribution in [0.1, 0.15) is 29.2 Å². The first kappa shape index (κ1) is 24.9. The van der Waals surface area contributed by atoms with Gasteiger partial charge in [0, 0.05) is 39.1 Å². The highest BCUT2D eigenvalue weighted by Crippen LogP contribution is 2.32. The molecule has 0 aromatic heterocycles. The summed E-state index contributed by atoms with van der Waals surface area (Å²) in [6.45, 7) is 6.48. The van der Waals surface area contributed by atoms with Gasteiger partial charge in [0.2, 0.25) is 0 Å². The number of benzene rings is 3. The summed E-state index contributed by atoms with van der Waals surface area (Å²) in [5, 5.41) is 0. The molecule has 1 aliphatic heterocycles. The van der Waals surface area contributed by atoms with E-state index >= 15 is 0 Å². The van der Waals surface area contributed by atoms with Crippen LogP contribution in [0.2, 0.25) is 0 Å². The lowest BCUT2D eigenvalue weighted by atomic mass is 10.0. The summed E-state index contributed by atoms with van der Waals surface area (Å²) in [5.74, 6) is 1.31. The van der Waals surface area contributed by atoms with Crippen molar-refractivity contribution >= 4 is 5.69 Å². The molecule has 7 heteroatoms. The Balaban J connectivity index is 1.39. The second-order valence-electron chi connectivity index (χ2n) is 8.83. The monoisotopic (exact) mass is 484 g/mol. The zero-order chi connectivity index (χ0) is 24.8. The lowest BCUT2D eigenvalue weighted by molar-refractivity contribution is -0.137. The van der Waals surface area contributed by atoms with Gasteiger partial charge in [0.05, 0.1) is 18.4 Å². The van der Waals surface area contributed by atoms with Crippen molar-refractivity contribution in [1.82, 2.24) is 4.90 Å². The third kappa shape index (κ3) is 6.48. The fraction of sp³-hybridized carbons (Fsp3) is 0.357. The van der Waals surface area contributed by atoms with Crippen molar-refractivity contribution in [3.05, 3.63) is 89.5 Å². The van der Waals surface area contributed by atoms with Gasteiger partial charge in [-0.3, -0.25) is 4.90 Å². The summed E-state index contributed by atoms with van der Waals surface area (Å²) in [6, 6.07) is 21.1. The number of halogens is 3. The van der Waals surface area contributed by atoms with Crippen LogP contribution in [0.15, 0.2) is 72.8 Å². The average molecular weight is 485 g/mol. The molecule has 3 aromatic carbocycles. The quantitative estimate of drug-likeness (QED) is 0.372. The number of methoxy groups -OCH3 is 1. The minimum atomic E-state index is -4.36. The van der Waals surface area contributed by atoms with Gasteiger partial charge in [0.25, 0.3) is 0 Å². The fourth-order valence-electron chi connectivity index (χ4n) is 4.36. The smallest absolute Gasteiger partial charge is 0.416 e. The van der Waals surface area contributed by atoms with Crippen LogP contribution in [0.3, 0.4) is 0 Å². The van der Waals surface area contributed by atoms with Gasteiger partial charge in [-0.25, -0.2) is 0 Å². The summed E-state index contributed by atoms with van der Waals surface area (Å²) < 4.78 is 50.5. The van der Waals surface area contributed by atoms with E-state index in [4.69, 9.17) is 9.47 Å². The van der Waals surface area contributed by atoms with E-state index in [9.17, 15) is 13.2 Å². The van der Waals surface area contributed by atoms with Crippen molar-refractivity contribution in [2.24, 2.45) is 0 Å². The Morgan fingerprint density at radius 2 is 1.51 bits per heavy atom. The number of piperazine rings is 1. The Bertz CT molecular complexity index is 1080. The number of hydrogen-bond donors (Lipinski definition) is 0. The first-order valence-corrected chi connectivity index (χ1v) is 11.8. The molecule has 0 spiro atoms. The molecule has 0 amide bonds. The van der Waals surface area contributed by atoms with E-state index in [1.165, 1.54) is 12.1 Å². The molecule has 186 valence electrons. The first-order valence-electron chi connectivity index (χ1n) is 11.8. The van der Waals surface area contributed by atoms with Gasteiger partial charge in [-0.1, -0.05) is 42.0 Å². The van der Waals surface area contributed by atoms with Crippen molar-refractivity contribution < 1.29 is 22.6 Å². The van der Waals surface area contributed by atoms with Crippen molar-refractivity contribution in [3.63, 3.8) is 0 Å². The standard InChI is InChI=1S/C28H31F3N2O2/c1-21-7-9-22(10-8-21)26(35-24-13-11-23(12-14-24)28(29,30)31)15-16-32-17-19-33(20-18-32)25-5-3-4-6-27(25)34-2/h3-14,26H,15-20H2,1-2H3. The topological polar surface area (TPSA) is 24.9 Å². The van der Waals surface area contributed by atoms with Crippen molar-refractivity contribution in [2.75, 3.05) is 44.7 Å². The number of anilines is 1. The number of para-hydroxylation sites is 2. The summed E-state index contributed by atoms with van der Waals surface area (Å²) >= 11 is 0. The maximum atomic E-state index is 12.9. The predicted octanol–water partition coefficient (Wildman–Crippen LogP) is 6.35. The van der Waals surface area contributed by atoms with E-state index in [0.29, 0.717) is 5.75 Å². The van der Waals surface area contributed by atoms with Gasteiger partial charge < -0.3 is 14.4 Å². The third-order valence-corrected chi connectivity index (χ3v) is 6.41. The summed E-state index contributed by atoms with van der Waals surface area (Å²) in [4.78, 5) is 4.74.